The van der Waals surface area contributed by atoms with Crippen LogP contribution in [0.3, 0.4) is 0 Å². The zero-order valence-electron chi connectivity index (χ0n) is 12.3. The summed E-state index contributed by atoms with van der Waals surface area (Å²) in [6.07, 6.45) is 1.83. The van der Waals surface area contributed by atoms with E-state index in [0.717, 1.165) is 21.7 Å². The molecule has 3 rings (SSSR count). The number of thiophene rings is 1. The molecule has 108 valence electrons. The Hall–Kier alpha value is -2.52. The molecule has 0 radical (unpaired) electrons. The molecule has 0 aliphatic rings. The average Bonchev–Trinajstić information content (AvgIpc) is 2.98. The Morgan fingerprint density at radius 3 is 1.95 bits per heavy atom. The van der Waals surface area contributed by atoms with Gasteiger partial charge in [0.25, 0.3) is 0 Å². The highest BCUT2D eigenvalue weighted by molar-refractivity contribution is 7.11. The molecule has 0 amide bonds. The molecule has 2 nitrogen and oxygen atoms in total. The molecular formula is C19H16N2S. The second kappa shape index (κ2) is 6.96. The minimum atomic E-state index is 0.881. The van der Waals surface area contributed by atoms with E-state index < -0.39 is 0 Å². The number of aryl methyl sites for hydroxylation is 1. The monoisotopic (exact) mass is 304 g/mol. The minimum absolute atomic E-state index is 0.881. The largest absolute Gasteiger partial charge is 0.157 e. The fourth-order valence-electron chi connectivity index (χ4n) is 2.13. The van der Waals surface area contributed by atoms with Crippen molar-refractivity contribution in [2.75, 3.05) is 0 Å². The third-order valence-corrected chi connectivity index (χ3v) is 4.28. The molecule has 0 unspecified atom stereocenters. The zero-order valence-corrected chi connectivity index (χ0v) is 13.1. The van der Waals surface area contributed by atoms with Gasteiger partial charge in [0.1, 0.15) is 5.71 Å². The van der Waals surface area contributed by atoms with Crippen LogP contribution in [0.25, 0.3) is 0 Å². The summed E-state index contributed by atoms with van der Waals surface area (Å²) in [5.74, 6) is 0. The summed E-state index contributed by atoms with van der Waals surface area (Å²) in [7, 11) is 0. The molecule has 0 spiro atoms. The summed E-state index contributed by atoms with van der Waals surface area (Å²) < 4.78 is 0. The summed E-state index contributed by atoms with van der Waals surface area (Å²) in [5.41, 5.74) is 4.24. The fourth-order valence-corrected chi connectivity index (χ4v) is 2.91. The van der Waals surface area contributed by atoms with Crippen molar-refractivity contribution in [1.29, 1.82) is 0 Å². The first-order chi connectivity index (χ1) is 10.8. The van der Waals surface area contributed by atoms with Gasteiger partial charge in [0, 0.05) is 11.1 Å². The molecule has 0 saturated heterocycles. The van der Waals surface area contributed by atoms with Crippen molar-refractivity contribution >= 4 is 23.3 Å². The van der Waals surface area contributed by atoms with Crippen LogP contribution in [0.2, 0.25) is 0 Å². The van der Waals surface area contributed by atoms with Crippen molar-refractivity contribution in [3.05, 3.63) is 93.7 Å². The predicted molar refractivity (Wildman–Crippen MR) is 95.2 cm³/mol. The highest BCUT2D eigenvalue weighted by Crippen LogP contribution is 2.14. The van der Waals surface area contributed by atoms with Crippen molar-refractivity contribution in [1.82, 2.24) is 0 Å². The Morgan fingerprint density at radius 1 is 0.864 bits per heavy atom. The van der Waals surface area contributed by atoms with Crippen molar-refractivity contribution in [2.45, 2.75) is 6.92 Å². The topological polar surface area (TPSA) is 24.7 Å². The summed E-state index contributed by atoms with van der Waals surface area (Å²) in [4.78, 5) is 1.14. The summed E-state index contributed by atoms with van der Waals surface area (Å²) in [5, 5.41) is 10.8. The van der Waals surface area contributed by atoms with Gasteiger partial charge >= 0.3 is 0 Å². The van der Waals surface area contributed by atoms with Gasteiger partial charge in [-0.05, 0) is 23.9 Å². The number of nitrogens with zero attached hydrogens (tertiary/aromatic N) is 2. The van der Waals surface area contributed by atoms with Crippen molar-refractivity contribution < 1.29 is 0 Å². The standard InChI is InChI=1S/C19H16N2S/c1-15-12-13-22-18(15)14-20-21-19(16-8-4-2-5-9-16)17-10-6-3-7-11-17/h2-14H,1H3. The highest BCUT2D eigenvalue weighted by Gasteiger charge is 2.05. The van der Waals surface area contributed by atoms with E-state index in [1.807, 2.05) is 42.6 Å². The summed E-state index contributed by atoms with van der Waals surface area (Å²) >= 11 is 1.67. The molecule has 0 aliphatic heterocycles. The van der Waals surface area contributed by atoms with Crippen LogP contribution >= 0.6 is 11.3 Å². The van der Waals surface area contributed by atoms with Crippen LogP contribution in [0, 0.1) is 6.92 Å². The van der Waals surface area contributed by atoms with Crippen LogP contribution in [0.5, 0.6) is 0 Å². The molecule has 0 N–H and O–H groups in total. The number of hydrogen-bond donors (Lipinski definition) is 0. The van der Waals surface area contributed by atoms with Gasteiger partial charge in [0.05, 0.1) is 11.1 Å². The first-order valence-corrected chi connectivity index (χ1v) is 7.98. The van der Waals surface area contributed by atoms with Crippen molar-refractivity contribution in [2.24, 2.45) is 10.2 Å². The predicted octanol–water partition coefficient (Wildman–Crippen LogP) is 4.93. The molecule has 0 aliphatic carbocycles. The van der Waals surface area contributed by atoms with Crippen molar-refractivity contribution in [3.8, 4) is 0 Å². The first kappa shape index (κ1) is 14.4. The molecule has 22 heavy (non-hydrogen) atoms. The molecule has 0 atom stereocenters. The zero-order chi connectivity index (χ0) is 15.2. The molecular weight excluding hydrogens is 288 g/mol. The van der Waals surface area contributed by atoms with Crippen LogP contribution in [-0.2, 0) is 0 Å². The number of benzene rings is 2. The average molecular weight is 304 g/mol. The maximum atomic E-state index is 4.47. The van der Waals surface area contributed by atoms with Gasteiger partial charge in [-0.25, -0.2) is 0 Å². The molecule has 0 fully saturated rings. The lowest BCUT2D eigenvalue weighted by Crippen LogP contribution is -2.02. The third kappa shape index (κ3) is 3.38. The molecule has 0 saturated carbocycles. The maximum Gasteiger partial charge on any atom is 0.100 e. The van der Waals surface area contributed by atoms with Crippen LogP contribution in [0.1, 0.15) is 21.6 Å². The van der Waals surface area contributed by atoms with E-state index in [4.69, 9.17) is 0 Å². The lowest BCUT2D eigenvalue weighted by Gasteiger charge is -2.04. The smallest absolute Gasteiger partial charge is 0.100 e. The molecule has 1 aromatic heterocycles. The summed E-state index contributed by atoms with van der Waals surface area (Å²) in [6, 6.07) is 22.4. The first-order valence-electron chi connectivity index (χ1n) is 7.10. The lowest BCUT2D eigenvalue weighted by atomic mass is 10.0. The minimum Gasteiger partial charge on any atom is -0.157 e. The lowest BCUT2D eigenvalue weighted by molar-refractivity contribution is 1.24. The van der Waals surface area contributed by atoms with Gasteiger partial charge in [-0.2, -0.15) is 5.10 Å². The van der Waals surface area contributed by atoms with Crippen LogP contribution < -0.4 is 0 Å². The van der Waals surface area contributed by atoms with Gasteiger partial charge in [0.15, 0.2) is 0 Å². The Kier molecular flexibility index (Phi) is 4.56. The molecule has 3 heteroatoms. The van der Waals surface area contributed by atoms with Gasteiger partial charge in [-0.1, -0.05) is 60.7 Å². The maximum absolute atomic E-state index is 4.47. The Bertz CT molecular complexity index is 745. The van der Waals surface area contributed by atoms with Gasteiger partial charge in [0.2, 0.25) is 0 Å². The number of hydrogen-bond acceptors (Lipinski definition) is 3. The summed E-state index contributed by atoms with van der Waals surface area (Å²) in [6.45, 7) is 2.08. The van der Waals surface area contributed by atoms with Crippen LogP contribution in [0.4, 0.5) is 0 Å². The van der Waals surface area contributed by atoms with E-state index >= 15 is 0 Å². The van der Waals surface area contributed by atoms with E-state index in [1.54, 1.807) is 11.3 Å². The van der Waals surface area contributed by atoms with E-state index in [0.29, 0.717) is 0 Å². The number of rotatable bonds is 4. The van der Waals surface area contributed by atoms with Crippen LogP contribution in [-0.4, -0.2) is 11.9 Å². The molecule has 0 bridgehead atoms. The second-order valence-electron chi connectivity index (χ2n) is 4.89. The molecule has 3 aromatic rings. The van der Waals surface area contributed by atoms with E-state index in [2.05, 4.69) is 52.8 Å². The normalized spacial score (nSPS) is 10.8. The Labute approximate surface area is 134 Å². The van der Waals surface area contributed by atoms with E-state index in [1.165, 1.54) is 5.56 Å². The fraction of sp³-hybridized carbons (Fsp3) is 0.0526. The quantitative estimate of drug-likeness (QED) is 0.482. The highest BCUT2D eigenvalue weighted by atomic mass is 32.1. The van der Waals surface area contributed by atoms with E-state index in [9.17, 15) is 0 Å². The van der Waals surface area contributed by atoms with Crippen molar-refractivity contribution in [3.63, 3.8) is 0 Å². The molecule has 2 aromatic carbocycles. The third-order valence-electron chi connectivity index (χ3n) is 3.33. The van der Waals surface area contributed by atoms with Gasteiger partial charge in [-0.15, -0.1) is 16.4 Å². The molecule has 1 heterocycles. The van der Waals surface area contributed by atoms with Gasteiger partial charge < -0.3 is 0 Å². The van der Waals surface area contributed by atoms with E-state index in [-0.39, 0.29) is 0 Å². The Morgan fingerprint density at radius 2 is 1.45 bits per heavy atom. The van der Waals surface area contributed by atoms with Crippen LogP contribution in [0.15, 0.2) is 82.3 Å². The Balaban J connectivity index is 1.97. The second-order valence-corrected chi connectivity index (χ2v) is 5.84. The SMILES string of the molecule is Cc1ccsc1C=NN=C(c1ccccc1)c1ccccc1. The van der Waals surface area contributed by atoms with Gasteiger partial charge in [-0.3, -0.25) is 0 Å².